The number of likely N-dealkylation sites (tertiary alicyclic amines) is 1. The maximum Gasteiger partial charge on any atom is 0.256 e. The lowest BCUT2D eigenvalue weighted by atomic mass is 9.99. The number of ether oxygens (including phenoxy) is 2. The molecule has 0 aromatic heterocycles. The van der Waals surface area contributed by atoms with Crippen LogP contribution in [0.15, 0.2) is 24.3 Å². The molecule has 2 rings (SSSR count). The number of anilines is 1. The fourth-order valence-corrected chi connectivity index (χ4v) is 3.72. The third-order valence-corrected chi connectivity index (χ3v) is 5.37. The lowest BCUT2D eigenvalue weighted by Gasteiger charge is -2.33. The Morgan fingerprint density at radius 1 is 1.26 bits per heavy atom. The van der Waals surface area contributed by atoms with E-state index in [1.54, 1.807) is 0 Å². The zero-order valence-corrected chi connectivity index (χ0v) is 17.4. The van der Waals surface area contributed by atoms with Gasteiger partial charge in [-0.15, -0.1) is 0 Å². The zero-order chi connectivity index (χ0) is 19.7. The first-order chi connectivity index (χ1) is 13.0. The summed E-state index contributed by atoms with van der Waals surface area (Å²) in [6, 6.07) is 8.24. The number of carbonyl (C=O) groups excluding carboxylic acids is 1. The van der Waals surface area contributed by atoms with Gasteiger partial charge < -0.3 is 14.8 Å². The van der Waals surface area contributed by atoms with Crippen molar-refractivity contribution in [1.29, 1.82) is 0 Å². The average Bonchev–Trinajstić information content (AvgIpc) is 2.65. The van der Waals surface area contributed by atoms with Crippen molar-refractivity contribution in [3.8, 4) is 5.75 Å². The molecule has 1 heterocycles. The minimum atomic E-state index is -0.788. The van der Waals surface area contributed by atoms with Crippen LogP contribution < -0.4 is 10.1 Å². The quantitative estimate of drug-likeness (QED) is 0.654. The van der Waals surface area contributed by atoms with Gasteiger partial charge >= 0.3 is 0 Å². The Hall–Kier alpha value is -1.59. The standard InChI is InChI=1S/C22H36N2O3/c1-5-14-22(4,27-6-2)21(25)23-19-10-12-20(13-11-19)26-17-16-24-15-8-7-9-18(24)3/h10-13,18H,5-9,14-17H2,1-4H3,(H,23,25)/t18-,22-/m0/s1. The van der Waals surface area contributed by atoms with Gasteiger partial charge in [-0.25, -0.2) is 0 Å². The third kappa shape index (κ3) is 6.51. The molecule has 0 saturated carbocycles. The number of rotatable bonds is 10. The second kappa shape index (κ2) is 10.7. The van der Waals surface area contributed by atoms with Crippen LogP contribution in [0.2, 0.25) is 0 Å². The Morgan fingerprint density at radius 2 is 2.00 bits per heavy atom. The smallest absolute Gasteiger partial charge is 0.256 e. The molecule has 152 valence electrons. The molecule has 1 aromatic rings. The van der Waals surface area contributed by atoms with Crippen LogP contribution in [0.3, 0.4) is 0 Å². The van der Waals surface area contributed by atoms with Gasteiger partial charge in [0.25, 0.3) is 5.91 Å². The first kappa shape index (κ1) is 21.7. The van der Waals surface area contributed by atoms with Crippen LogP contribution in [0.1, 0.15) is 59.8 Å². The molecule has 1 aliphatic rings. The fourth-order valence-electron chi connectivity index (χ4n) is 3.72. The third-order valence-electron chi connectivity index (χ3n) is 5.37. The molecule has 1 N–H and O–H groups in total. The minimum absolute atomic E-state index is 0.0982. The first-order valence-electron chi connectivity index (χ1n) is 10.4. The highest BCUT2D eigenvalue weighted by atomic mass is 16.5. The highest BCUT2D eigenvalue weighted by Gasteiger charge is 2.32. The van der Waals surface area contributed by atoms with E-state index in [9.17, 15) is 4.79 Å². The molecule has 1 aliphatic heterocycles. The summed E-state index contributed by atoms with van der Waals surface area (Å²) in [4.78, 5) is 15.1. The molecule has 0 aliphatic carbocycles. The number of hydrogen-bond acceptors (Lipinski definition) is 4. The number of benzene rings is 1. The van der Waals surface area contributed by atoms with Crippen molar-refractivity contribution in [1.82, 2.24) is 4.90 Å². The summed E-state index contributed by atoms with van der Waals surface area (Å²) in [5, 5.41) is 2.97. The van der Waals surface area contributed by atoms with E-state index >= 15 is 0 Å². The van der Waals surface area contributed by atoms with Crippen LogP contribution in [0.25, 0.3) is 0 Å². The normalized spacial score (nSPS) is 20.1. The molecule has 5 heteroatoms. The summed E-state index contributed by atoms with van der Waals surface area (Å²) in [5.41, 5.74) is -0.0249. The van der Waals surface area contributed by atoms with Crippen molar-refractivity contribution < 1.29 is 14.3 Å². The first-order valence-corrected chi connectivity index (χ1v) is 10.4. The molecule has 1 saturated heterocycles. The Balaban J connectivity index is 1.82. The molecule has 1 fully saturated rings. The Labute approximate surface area is 164 Å². The van der Waals surface area contributed by atoms with E-state index in [0.29, 0.717) is 25.7 Å². The summed E-state index contributed by atoms with van der Waals surface area (Å²) in [7, 11) is 0. The summed E-state index contributed by atoms with van der Waals surface area (Å²) in [5.74, 6) is 0.734. The van der Waals surface area contributed by atoms with Crippen LogP contribution in [0.5, 0.6) is 5.75 Å². The maximum atomic E-state index is 12.6. The molecule has 1 amide bonds. The minimum Gasteiger partial charge on any atom is -0.492 e. The van der Waals surface area contributed by atoms with E-state index in [2.05, 4.69) is 24.1 Å². The van der Waals surface area contributed by atoms with Gasteiger partial charge in [-0.2, -0.15) is 0 Å². The van der Waals surface area contributed by atoms with Gasteiger partial charge in [-0.1, -0.05) is 19.8 Å². The van der Waals surface area contributed by atoms with Crippen molar-refractivity contribution in [2.45, 2.75) is 71.4 Å². The number of hydrogen-bond donors (Lipinski definition) is 1. The van der Waals surface area contributed by atoms with Gasteiger partial charge in [-0.3, -0.25) is 9.69 Å². The van der Waals surface area contributed by atoms with Crippen LogP contribution in [0, 0.1) is 0 Å². The lowest BCUT2D eigenvalue weighted by Crippen LogP contribution is -2.42. The fraction of sp³-hybridized carbons (Fsp3) is 0.682. The largest absolute Gasteiger partial charge is 0.492 e. The van der Waals surface area contributed by atoms with Gasteiger partial charge in [0.2, 0.25) is 0 Å². The van der Waals surface area contributed by atoms with Crippen molar-refractivity contribution in [3.05, 3.63) is 24.3 Å². The molecule has 27 heavy (non-hydrogen) atoms. The van der Waals surface area contributed by atoms with Gasteiger partial charge in [0.05, 0.1) is 0 Å². The SMILES string of the molecule is CCC[C@](C)(OCC)C(=O)Nc1ccc(OCCN2CCCC[C@@H]2C)cc1. The summed E-state index contributed by atoms with van der Waals surface area (Å²) < 4.78 is 11.6. The topological polar surface area (TPSA) is 50.8 Å². The lowest BCUT2D eigenvalue weighted by molar-refractivity contribution is -0.139. The van der Waals surface area contributed by atoms with Crippen LogP contribution >= 0.6 is 0 Å². The van der Waals surface area contributed by atoms with Crippen LogP contribution in [-0.4, -0.2) is 48.8 Å². The molecule has 0 radical (unpaired) electrons. The highest BCUT2D eigenvalue weighted by Crippen LogP contribution is 2.22. The van der Waals surface area contributed by atoms with E-state index in [1.807, 2.05) is 38.1 Å². The van der Waals surface area contributed by atoms with E-state index < -0.39 is 5.60 Å². The van der Waals surface area contributed by atoms with Gasteiger partial charge in [0.15, 0.2) is 0 Å². The van der Waals surface area contributed by atoms with E-state index in [0.717, 1.165) is 24.4 Å². The predicted octanol–water partition coefficient (Wildman–Crippen LogP) is 4.47. The van der Waals surface area contributed by atoms with E-state index in [4.69, 9.17) is 9.47 Å². The number of nitrogens with zero attached hydrogens (tertiary/aromatic N) is 1. The second-order valence-corrected chi connectivity index (χ2v) is 7.62. The van der Waals surface area contributed by atoms with Crippen molar-refractivity contribution >= 4 is 11.6 Å². The summed E-state index contributed by atoms with van der Waals surface area (Å²) in [6.07, 6.45) is 5.51. The second-order valence-electron chi connectivity index (χ2n) is 7.62. The molecule has 0 bridgehead atoms. The van der Waals surface area contributed by atoms with Crippen molar-refractivity contribution in [2.24, 2.45) is 0 Å². The molecule has 0 unspecified atom stereocenters. The number of piperidine rings is 1. The molecule has 2 atom stereocenters. The average molecular weight is 377 g/mol. The Kier molecular flexibility index (Phi) is 8.58. The van der Waals surface area contributed by atoms with Crippen molar-refractivity contribution in [2.75, 3.05) is 31.6 Å². The zero-order valence-electron chi connectivity index (χ0n) is 17.4. The molecule has 5 nitrogen and oxygen atoms in total. The number of carbonyl (C=O) groups is 1. The summed E-state index contributed by atoms with van der Waals surface area (Å²) >= 11 is 0. The van der Waals surface area contributed by atoms with E-state index in [-0.39, 0.29) is 5.91 Å². The van der Waals surface area contributed by atoms with Gasteiger partial charge in [0, 0.05) is 24.9 Å². The van der Waals surface area contributed by atoms with Gasteiger partial charge in [0.1, 0.15) is 18.0 Å². The molecular formula is C22H36N2O3. The Bertz CT molecular complexity index is 567. The number of amides is 1. The monoisotopic (exact) mass is 376 g/mol. The summed E-state index contributed by atoms with van der Waals surface area (Å²) in [6.45, 7) is 11.5. The molecule has 1 aromatic carbocycles. The molecule has 0 spiro atoms. The van der Waals surface area contributed by atoms with Crippen LogP contribution in [0.4, 0.5) is 5.69 Å². The molecular weight excluding hydrogens is 340 g/mol. The highest BCUT2D eigenvalue weighted by molar-refractivity contribution is 5.97. The van der Waals surface area contributed by atoms with E-state index in [1.165, 1.54) is 25.8 Å². The Morgan fingerprint density at radius 3 is 2.63 bits per heavy atom. The van der Waals surface area contributed by atoms with Crippen LogP contribution in [-0.2, 0) is 9.53 Å². The predicted molar refractivity (Wildman–Crippen MR) is 110 cm³/mol. The van der Waals surface area contributed by atoms with Gasteiger partial charge in [-0.05, 0) is 70.8 Å². The van der Waals surface area contributed by atoms with Crippen molar-refractivity contribution in [3.63, 3.8) is 0 Å². The number of nitrogens with one attached hydrogen (secondary N) is 1. The maximum absolute atomic E-state index is 12.6.